The van der Waals surface area contributed by atoms with Gasteiger partial charge in [-0.3, -0.25) is 4.79 Å². The van der Waals surface area contributed by atoms with Crippen molar-refractivity contribution >= 4 is 39.8 Å². The van der Waals surface area contributed by atoms with Crippen molar-refractivity contribution in [3.8, 4) is 0 Å². The van der Waals surface area contributed by atoms with Gasteiger partial charge in [0, 0.05) is 18.0 Å². The number of rotatable bonds is 4. The van der Waals surface area contributed by atoms with Crippen LogP contribution < -0.4 is 0 Å². The molecule has 1 aromatic carbocycles. The molecule has 1 fully saturated rings. The summed E-state index contributed by atoms with van der Waals surface area (Å²) in [7, 11) is 0. The topological polar surface area (TPSA) is 20.3 Å². The summed E-state index contributed by atoms with van der Waals surface area (Å²) in [5.41, 5.74) is 1.58. The molecule has 1 aliphatic carbocycles. The first-order valence-corrected chi connectivity index (χ1v) is 8.39. The predicted octanol–water partition coefficient (Wildman–Crippen LogP) is 4.30. The molecule has 0 spiro atoms. The number of halogens is 2. The maximum absolute atomic E-state index is 13.3. The Balaban J connectivity index is 1.81. The highest BCUT2D eigenvalue weighted by molar-refractivity contribution is 14.1. The molecule has 1 heterocycles. The van der Waals surface area contributed by atoms with Crippen molar-refractivity contribution in [1.82, 2.24) is 4.90 Å². The van der Waals surface area contributed by atoms with Crippen molar-refractivity contribution in [2.24, 2.45) is 0 Å². The highest BCUT2D eigenvalue weighted by atomic mass is 127. The molecule has 1 amide bonds. The molecular weight excluding hydrogens is 388 g/mol. The van der Waals surface area contributed by atoms with E-state index >= 15 is 0 Å². The molecular formula is C15H13FINOS. The standard InChI is InChI=1S/C15H13FINOS/c16-12-3-1-2-10(6-12)8-18(13-4-5-13)15(19)11-7-14(17)20-9-11/h1-3,6-7,9,13H,4-5,8H2. The smallest absolute Gasteiger partial charge is 0.255 e. The Hall–Kier alpha value is -0.950. The molecule has 0 radical (unpaired) electrons. The van der Waals surface area contributed by atoms with E-state index in [1.54, 1.807) is 17.4 Å². The summed E-state index contributed by atoms with van der Waals surface area (Å²) < 4.78 is 14.4. The summed E-state index contributed by atoms with van der Waals surface area (Å²) in [6, 6.07) is 8.70. The molecule has 0 aliphatic heterocycles. The number of amides is 1. The molecule has 104 valence electrons. The number of hydrogen-bond acceptors (Lipinski definition) is 2. The quantitative estimate of drug-likeness (QED) is 0.700. The van der Waals surface area contributed by atoms with Gasteiger partial charge in [-0.15, -0.1) is 11.3 Å². The molecule has 1 saturated carbocycles. The van der Waals surface area contributed by atoms with Crippen molar-refractivity contribution in [2.75, 3.05) is 0 Å². The lowest BCUT2D eigenvalue weighted by atomic mass is 10.2. The second kappa shape index (κ2) is 5.81. The van der Waals surface area contributed by atoms with Crippen molar-refractivity contribution in [3.63, 3.8) is 0 Å². The fourth-order valence-electron chi connectivity index (χ4n) is 2.17. The lowest BCUT2D eigenvalue weighted by Crippen LogP contribution is -2.32. The molecule has 1 aromatic heterocycles. The average molecular weight is 401 g/mol. The van der Waals surface area contributed by atoms with Crippen LogP contribution in [-0.2, 0) is 6.54 Å². The van der Waals surface area contributed by atoms with Gasteiger partial charge in [-0.1, -0.05) is 12.1 Å². The maximum atomic E-state index is 13.3. The van der Waals surface area contributed by atoms with Crippen LogP contribution in [-0.4, -0.2) is 16.8 Å². The van der Waals surface area contributed by atoms with Gasteiger partial charge >= 0.3 is 0 Å². The Bertz CT molecular complexity index is 638. The molecule has 0 bridgehead atoms. The van der Waals surface area contributed by atoms with Gasteiger partial charge in [0.25, 0.3) is 5.91 Å². The highest BCUT2D eigenvalue weighted by Gasteiger charge is 2.33. The SMILES string of the molecule is O=C(c1csc(I)c1)N(Cc1cccc(F)c1)C1CC1. The lowest BCUT2D eigenvalue weighted by molar-refractivity contribution is 0.0730. The summed E-state index contributed by atoms with van der Waals surface area (Å²) in [6.45, 7) is 0.480. The zero-order valence-electron chi connectivity index (χ0n) is 10.7. The number of carbonyl (C=O) groups excluding carboxylic acids is 1. The fraction of sp³-hybridized carbons (Fsp3) is 0.267. The van der Waals surface area contributed by atoms with Crippen molar-refractivity contribution in [2.45, 2.75) is 25.4 Å². The van der Waals surface area contributed by atoms with Crippen LogP contribution in [0.2, 0.25) is 0 Å². The van der Waals surface area contributed by atoms with Crippen LogP contribution in [0.3, 0.4) is 0 Å². The van der Waals surface area contributed by atoms with Gasteiger partial charge in [-0.05, 0) is 59.2 Å². The first kappa shape index (κ1) is 14.0. The van der Waals surface area contributed by atoms with Crippen molar-refractivity contribution in [3.05, 3.63) is 55.5 Å². The van der Waals surface area contributed by atoms with E-state index in [2.05, 4.69) is 22.6 Å². The lowest BCUT2D eigenvalue weighted by Gasteiger charge is -2.22. The van der Waals surface area contributed by atoms with Gasteiger partial charge in [0.1, 0.15) is 5.82 Å². The van der Waals surface area contributed by atoms with E-state index in [0.29, 0.717) is 12.6 Å². The van der Waals surface area contributed by atoms with Gasteiger partial charge in [0.2, 0.25) is 0 Å². The minimum atomic E-state index is -0.254. The Morgan fingerprint density at radius 1 is 1.40 bits per heavy atom. The Morgan fingerprint density at radius 2 is 2.20 bits per heavy atom. The molecule has 0 N–H and O–H groups in total. The molecule has 2 nitrogen and oxygen atoms in total. The predicted molar refractivity (Wildman–Crippen MR) is 86.3 cm³/mol. The summed E-state index contributed by atoms with van der Waals surface area (Å²) in [6.07, 6.45) is 2.09. The van der Waals surface area contributed by atoms with E-state index < -0.39 is 0 Å². The zero-order valence-corrected chi connectivity index (χ0v) is 13.7. The zero-order chi connectivity index (χ0) is 14.1. The Morgan fingerprint density at radius 3 is 2.80 bits per heavy atom. The summed E-state index contributed by atoms with van der Waals surface area (Å²) in [5, 5.41) is 1.89. The van der Waals surface area contributed by atoms with E-state index in [4.69, 9.17) is 0 Å². The number of hydrogen-bond donors (Lipinski definition) is 0. The van der Waals surface area contributed by atoms with Crippen LogP contribution in [0, 0.1) is 8.70 Å². The van der Waals surface area contributed by atoms with Crippen LogP contribution in [0.5, 0.6) is 0 Å². The number of benzene rings is 1. The fourth-order valence-corrected chi connectivity index (χ4v) is 3.49. The second-order valence-electron chi connectivity index (χ2n) is 4.93. The van der Waals surface area contributed by atoms with E-state index in [-0.39, 0.29) is 11.7 Å². The third-order valence-corrected chi connectivity index (χ3v) is 5.09. The van der Waals surface area contributed by atoms with E-state index in [9.17, 15) is 9.18 Å². The van der Waals surface area contributed by atoms with Crippen molar-refractivity contribution < 1.29 is 9.18 Å². The van der Waals surface area contributed by atoms with Crippen LogP contribution in [0.15, 0.2) is 35.7 Å². The Kier molecular flexibility index (Phi) is 4.07. The van der Waals surface area contributed by atoms with Crippen LogP contribution in [0.1, 0.15) is 28.8 Å². The monoisotopic (exact) mass is 401 g/mol. The van der Waals surface area contributed by atoms with Gasteiger partial charge in [-0.2, -0.15) is 0 Å². The highest BCUT2D eigenvalue weighted by Crippen LogP contribution is 2.31. The van der Waals surface area contributed by atoms with E-state index in [1.807, 2.05) is 22.4 Å². The largest absolute Gasteiger partial charge is 0.331 e. The molecule has 0 saturated heterocycles. The van der Waals surface area contributed by atoms with E-state index in [1.165, 1.54) is 12.1 Å². The molecule has 2 aromatic rings. The van der Waals surface area contributed by atoms with Crippen LogP contribution in [0.4, 0.5) is 4.39 Å². The average Bonchev–Trinajstić information content (AvgIpc) is 3.17. The third kappa shape index (κ3) is 3.20. The van der Waals surface area contributed by atoms with Gasteiger partial charge < -0.3 is 4.90 Å². The normalized spacial score (nSPS) is 14.3. The van der Waals surface area contributed by atoms with Gasteiger partial charge in [-0.25, -0.2) is 4.39 Å². The second-order valence-corrected chi connectivity index (χ2v) is 7.74. The number of thiophene rings is 1. The molecule has 0 atom stereocenters. The van der Waals surface area contributed by atoms with E-state index in [0.717, 1.165) is 26.9 Å². The van der Waals surface area contributed by atoms with Crippen LogP contribution >= 0.6 is 33.9 Å². The Labute approximate surface area is 134 Å². The minimum Gasteiger partial charge on any atom is -0.331 e. The summed E-state index contributed by atoms with van der Waals surface area (Å²) in [5.74, 6) is -0.202. The maximum Gasteiger partial charge on any atom is 0.255 e. The van der Waals surface area contributed by atoms with Gasteiger partial charge in [0.15, 0.2) is 0 Å². The van der Waals surface area contributed by atoms with Crippen LogP contribution in [0.25, 0.3) is 0 Å². The summed E-state index contributed by atoms with van der Waals surface area (Å²) >= 11 is 3.79. The minimum absolute atomic E-state index is 0.0518. The summed E-state index contributed by atoms with van der Waals surface area (Å²) in [4.78, 5) is 14.4. The van der Waals surface area contributed by atoms with Crippen molar-refractivity contribution in [1.29, 1.82) is 0 Å². The first-order chi connectivity index (χ1) is 9.63. The third-order valence-electron chi connectivity index (χ3n) is 3.30. The molecule has 5 heteroatoms. The number of carbonyl (C=O) groups is 1. The van der Waals surface area contributed by atoms with Gasteiger partial charge in [0.05, 0.1) is 8.45 Å². The molecule has 20 heavy (non-hydrogen) atoms. The molecule has 3 rings (SSSR count). The number of nitrogens with zero attached hydrogens (tertiary/aromatic N) is 1. The molecule has 0 unspecified atom stereocenters. The first-order valence-electron chi connectivity index (χ1n) is 6.43. The molecule has 1 aliphatic rings.